The Bertz CT molecular complexity index is 699. The number of piperidine rings is 1. The van der Waals surface area contributed by atoms with Gasteiger partial charge in [0.15, 0.2) is 0 Å². The molecule has 4 rings (SSSR count). The fourth-order valence-corrected chi connectivity index (χ4v) is 4.83. The molecule has 0 spiro atoms. The summed E-state index contributed by atoms with van der Waals surface area (Å²) in [5.41, 5.74) is 0. The van der Waals surface area contributed by atoms with Gasteiger partial charge in [-0.15, -0.1) is 21.5 Å². The molecule has 6 nitrogen and oxygen atoms in total. The van der Waals surface area contributed by atoms with Crippen LogP contribution in [0, 0.1) is 0 Å². The van der Waals surface area contributed by atoms with E-state index in [4.69, 9.17) is 0 Å². The van der Waals surface area contributed by atoms with Crippen molar-refractivity contribution in [3.8, 4) is 0 Å². The minimum atomic E-state index is 0.176. The Labute approximate surface area is 158 Å². The van der Waals surface area contributed by atoms with Gasteiger partial charge < -0.3 is 14.8 Å². The van der Waals surface area contributed by atoms with Gasteiger partial charge in [-0.3, -0.25) is 4.79 Å². The van der Waals surface area contributed by atoms with E-state index in [1.54, 1.807) is 0 Å². The van der Waals surface area contributed by atoms with Crippen molar-refractivity contribution in [2.24, 2.45) is 0 Å². The number of likely N-dealkylation sites (tertiary alicyclic amines) is 1. The number of rotatable bonds is 5. The second-order valence-electron chi connectivity index (χ2n) is 7.37. The highest BCUT2D eigenvalue weighted by Crippen LogP contribution is 2.28. The second-order valence-corrected chi connectivity index (χ2v) is 8.32. The number of carbonyl (C=O) groups excluding carboxylic acids is 1. The molecule has 2 aromatic rings. The minimum Gasteiger partial charge on any atom is -0.338 e. The molecule has 2 aromatic heterocycles. The fourth-order valence-electron chi connectivity index (χ4n) is 4.14. The summed E-state index contributed by atoms with van der Waals surface area (Å²) >= 11 is 1.52. The van der Waals surface area contributed by atoms with Gasteiger partial charge >= 0.3 is 0 Å². The molecule has 1 saturated heterocycles. The van der Waals surface area contributed by atoms with Crippen molar-refractivity contribution in [2.75, 3.05) is 13.1 Å². The number of carbonyl (C=O) groups is 1. The highest BCUT2D eigenvalue weighted by Gasteiger charge is 2.25. The first-order valence-corrected chi connectivity index (χ1v) is 10.6. The first kappa shape index (κ1) is 17.7. The number of nitrogens with one attached hydrogen (secondary N) is 1. The molecule has 2 fully saturated rings. The van der Waals surface area contributed by atoms with Gasteiger partial charge in [0.2, 0.25) is 0 Å². The molecule has 1 N–H and O–H groups in total. The van der Waals surface area contributed by atoms with E-state index >= 15 is 0 Å². The SMILES string of the molecule is O=C(c1cccs1)N1CCC(NCc2nncn2C2CCCCC2)CC1. The predicted molar refractivity (Wildman–Crippen MR) is 102 cm³/mol. The Kier molecular flexibility index (Phi) is 5.65. The molecule has 2 aliphatic rings. The largest absolute Gasteiger partial charge is 0.338 e. The summed E-state index contributed by atoms with van der Waals surface area (Å²) in [4.78, 5) is 15.3. The normalized spacial score (nSPS) is 19.8. The number of thiophene rings is 1. The number of aromatic nitrogens is 3. The minimum absolute atomic E-state index is 0.176. The number of nitrogens with zero attached hydrogens (tertiary/aromatic N) is 4. The van der Waals surface area contributed by atoms with Crippen LogP contribution in [0.15, 0.2) is 23.8 Å². The van der Waals surface area contributed by atoms with E-state index in [1.807, 2.05) is 28.7 Å². The van der Waals surface area contributed by atoms with Gasteiger partial charge in [-0.2, -0.15) is 0 Å². The van der Waals surface area contributed by atoms with Gasteiger partial charge in [0.05, 0.1) is 11.4 Å². The topological polar surface area (TPSA) is 63.1 Å². The summed E-state index contributed by atoms with van der Waals surface area (Å²) in [7, 11) is 0. The molecule has 0 radical (unpaired) electrons. The van der Waals surface area contributed by atoms with Crippen LogP contribution in [0.1, 0.15) is 66.5 Å². The number of hydrogen-bond donors (Lipinski definition) is 1. The first-order chi connectivity index (χ1) is 12.8. The molecule has 0 unspecified atom stereocenters. The molecular weight excluding hydrogens is 346 g/mol. The quantitative estimate of drug-likeness (QED) is 0.874. The van der Waals surface area contributed by atoms with Crippen molar-refractivity contribution < 1.29 is 4.79 Å². The van der Waals surface area contributed by atoms with E-state index in [9.17, 15) is 4.79 Å². The van der Waals surface area contributed by atoms with Gasteiger partial charge in [0.1, 0.15) is 12.2 Å². The van der Waals surface area contributed by atoms with Crippen LogP contribution < -0.4 is 5.32 Å². The van der Waals surface area contributed by atoms with Crippen LogP contribution in [-0.2, 0) is 6.54 Å². The Balaban J connectivity index is 1.27. The maximum atomic E-state index is 12.4. The van der Waals surface area contributed by atoms with E-state index in [0.717, 1.165) is 43.2 Å². The van der Waals surface area contributed by atoms with Crippen LogP contribution >= 0.6 is 11.3 Å². The third-order valence-corrected chi connectivity index (χ3v) is 6.54. The Morgan fingerprint density at radius 3 is 2.73 bits per heavy atom. The standard InChI is InChI=1S/C19H27N5OS/c25-19(17-7-4-12-26-17)23-10-8-15(9-11-23)20-13-18-22-21-14-24(18)16-5-2-1-3-6-16/h4,7,12,14-16,20H,1-3,5-6,8-11,13H2. The summed E-state index contributed by atoms with van der Waals surface area (Å²) < 4.78 is 2.28. The van der Waals surface area contributed by atoms with Crippen LogP contribution in [-0.4, -0.2) is 44.7 Å². The third-order valence-electron chi connectivity index (χ3n) is 5.68. The van der Waals surface area contributed by atoms with E-state index in [-0.39, 0.29) is 5.91 Å². The molecule has 1 amide bonds. The van der Waals surface area contributed by atoms with Crippen molar-refractivity contribution in [3.63, 3.8) is 0 Å². The Morgan fingerprint density at radius 1 is 1.19 bits per heavy atom. The van der Waals surface area contributed by atoms with Crippen molar-refractivity contribution in [1.82, 2.24) is 25.0 Å². The summed E-state index contributed by atoms with van der Waals surface area (Å²) in [6.07, 6.45) is 10.4. The zero-order valence-electron chi connectivity index (χ0n) is 15.1. The Hall–Kier alpha value is -1.73. The number of amides is 1. The van der Waals surface area contributed by atoms with Gasteiger partial charge in [-0.25, -0.2) is 0 Å². The van der Waals surface area contributed by atoms with Gasteiger partial charge in [-0.1, -0.05) is 25.3 Å². The highest BCUT2D eigenvalue weighted by molar-refractivity contribution is 7.12. The lowest BCUT2D eigenvalue weighted by molar-refractivity contribution is 0.0709. The van der Waals surface area contributed by atoms with Gasteiger partial charge in [-0.05, 0) is 37.1 Å². The maximum Gasteiger partial charge on any atom is 0.263 e. The average Bonchev–Trinajstić information content (AvgIpc) is 3.39. The lowest BCUT2D eigenvalue weighted by Gasteiger charge is -2.32. The predicted octanol–water partition coefficient (Wildman–Crippen LogP) is 3.24. The van der Waals surface area contributed by atoms with E-state index in [0.29, 0.717) is 12.1 Å². The van der Waals surface area contributed by atoms with Crippen LogP contribution in [0.3, 0.4) is 0 Å². The molecule has 0 atom stereocenters. The van der Waals surface area contributed by atoms with Crippen LogP contribution in [0.2, 0.25) is 0 Å². The van der Waals surface area contributed by atoms with E-state index in [2.05, 4.69) is 20.1 Å². The fraction of sp³-hybridized carbons (Fsp3) is 0.632. The molecule has 1 aliphatic heterocycles. The molecule has 26 heavy (non-hydrogen) atoms. The van der Waals surface area contributed by atoms with Gasteiger partial charge in [0.25, 0.3) is 5.91 Å². The highest BCUT2D eigenvalue weighted by atomic mass is 32.1. The molecule has 140 valence electrons. The average molecular weight is 374 g/mol. The smallest absolute Gasteiger partial charge is 0.263 e. The van der Waals surface area contributed by atoms with Crippen molar-refractivity contribution in [3.05, 3.63) is 34.5 Å². The van der Waals surface area contributed by atoms with Crippen molar-refractivity contribution >= 4 is 17.2 Å². The third kappa shape index (κ3) is 3.99. The zero-order chi connectivity index (χ0) is 17.8. The lowest BCUT2D eigenvalue weighted by atomic mass is 9.95. The maximum absolute atomic E-state index is 12.4. The second kappa shape index (κ2) is 8.31. The first-order valence-electron chi connectivity index (χ1n) is 9.76. The Morgan fingerprint density at radius 2 is 2.00 bits per heavy atom. The molecular formula is C19H27N5OS. The monoisotopic (exact) mass is 373 g/mol. The molecule has 1 saturated carbocycles. The molecule has 7 heteroatoms. The van der Waals surface area contributed by atoms with Crippen molar-refractivity contribution in [1.29, 1.82) is 0 Å². The molecule has 3 heterocycles. The molecule has 0 aromatic carbocycles. The molecule has 0 bridgehead atoms. The summed E-state index contributed by atoms with van der Waals surface area (Å²) in [6, 6.07) is 4.86. The molecule has 1 aliphatic carbocycles. The van der Waals surface area contributed by atoms with E-state index in [1.165, 1.54) is 43.4 Å². The van der Waals surface area contributed by atoms with Gasteiger partial charge in [0, 0.05) is 25.2 Å². The lowest BCUT2D eigenvalue weighted by Crippen LogP contribution is -2.44. The summed E-state index contributed by atoms with van der Waals surface area (Å²) in [5.74, 6) is 1.23. The van der Waals surface area contributed by atoms with E-state index < -0.39 is 0 Å². The van der Waals surface area contributed by atoms with Crippen LogP contribution in [0.5, 0.6) is 0 Å². The van der Waals surface area contributed by atoms with Crippen molar-refractivity contribution in [2.45, 2.75) is 63.6 Å². The number of hydrogen-bond acceptors (Lipinski definition) is 5. The van der Waals surface area contributed by atoms with Crippen LogP contribution in [0.25, 0.3) is 0 Å². The summed E-state index contributed by atoms with van der Waals surface area (Å²) in [5, 5.41) is 14.1. The van der Waals surface area contributed by atoms with Crippen LogP contribution in [0.4, 0.5) is 0 Å². The zero-order valence-corrected chi connectivity index (χ0v) is 16.0. The summed E-state index contributed by atoms with van der Waals surface area (Å²) in [6.45, 7) is 2.41.